The highest BCUT2D eigenvalue weighted by Gasteiger charge is 2.08. The van der Waals surface area contributed by atoms with Gasteiger partial charge in [0.15, 0.2) is 0 Å². The van der Waals surface area contributed by atoms with Crippen LogP contribution in [0.2, 0.25) is 0 Å². The summed E-state index contributed by atoms with van der Waals surface area (Å²) in [6.07, 6.45) is 7.06. The molecule has 78 valence electrons. The van der Waals surface area contributed by atoms with E-state index in [1.165, 1.54) is 0 Å². The van der Waals surface area contributed by atoms with Gasteiger partial charge in [-0.3, -0.25) is 0 Å². The summed E-state index contributed by atoms with van der Waals surface area (Å²) in [5.74, 6) is 1.48. The summed E-state index contributed by atoms with van der Waals surface area (Å²) < 4.78 is 1.02. The number of halogens is 1. The van der Waals surface area contributed by atoms with Crippen molar-refractivity contribution in [3.63, 3.8) is 0 Å². The van der Waals surface area contributed by atoms with Crippen molar-refractivity contribution in [1.82, 2.24) is 19.9 Å². The molecule has 0 bridgehead atoms. The first-order valence-corrected chi connectivity index (χ1v) is 5.57. The lowest BCUT2D eigenvalue weighted by molar-refractivity contribution is 0.795. The minimum atomic E-state index is 0.0695. The molecule has 0 aliphatic heterocycles. The zero-order valence-corrected chi connectivity index (χ0v) is 10.3. The topological polar surface area (TPSA) is 66.5 Å². The fraction of sp³-hybridized carbons (Fsp3) is 0.222. The van der Waals surface area contributed by atoms with Crippen molar-refractivity contribution in [2.75, 3.05) is 5.32 Å². The Morgan fingerprint density at radius 2 is 2.07 bits per heavy atom. The molecule has 2 N–H and O–H groups in total. The van der Waals surface area contributed by atoms with E-state index in [0.29, 0.717) is 5.95 Å². The van der Waals surface area contributed by atoms with Gasteiger partial charge in [0.2, 0.25) is 5.95 Å². The van der Waals surface area contributed by atoms with Crippen LogP contribution in [-0.4, -0.2) is 19.9 Å². The van der Waals surface area contributed by atoms with Gasteiger partial charge in [0.25, 0.3) is 0 Å². The maximum Gasteiger partial charge on any atom is 0.223 e. The number of nitrogens with zero attached hydrogens (tertiary/aromatic N) is 3. The first kappa shape index (κ1) is 10.3. The van der Waals surface area contributed by atoms with E-state index in [4.69, 9.17) is 0 Å². The van der Waals surface area contributed by atoms with Crippen LogP contribution in [-0.2, 0) is 0 Å². The highest BCUT2D eigenvalue weighted by Crippen LogP contribution is 2.12. The summed E-state index contributed by atoms with van der Waals surface area (Å²) in [6, 6.07) is 0.0695. The van der Waals surface area contributed by atoms with Crippen LogP contribution in [0.5, 0.6) is 0 Å². The standard InChI is InChI=1S/C9H10IN5/c1-6(8-11-2-3-12-8)15-9-13-4-7(10)5-14-9/h2-6H,1H3,(H,11,12)(H,13,14,15). The molecule has 2 aromatic heterocycles. The van der Waals surface area contributed by atoms with Crippen LogP contribution in [0.15, 0.2) is 24.8 Å². The zero-order chi connectivity index (χ0) is 10.7. The summed E-state index contributed by atoms with van der Waals surface area (Å²) in [4.78, 5) is 15.5. The smallest absolute Gasteiger partial charge is 0.223 e. The Bertz CT molecular complexity index is 411. The Balaban J connectivity index is 2.06. The molecule has 1 atom stereocenters. The third-order valence-electron chi connectivity index (χ3n) is 1.90. The van der Waals surface area contributed by atoms with Gasteiger partial charge < -0.3 is 10.3 Å². The van der Waals surface area contributed by atoms with Gasteiger partial charge in [0, 0.05) is 28.4 Å². The van der Waals surface area contributed by atoms with Crippen molar-refractivity contribution < 1.29 is 0 Å². The Morgan fingerprint density at radius 3 is 2.67 bits per heavy atom. The summed E-state index contributed by atoms with van der Waals surface area (Å²) >= 11 is 2.17. The molecule has 0 aliphatic carbocycles. The fourth-order valence-electron chi connectivity index (χ4n) is 1.16. The molecule has 0 radical (unpaired) electrons. The van der Waals surface area contributed by atoms with E-state index in [1.807, 2.05) is 6.92 Å². The molecule has 5 nitrogen and oxygen atoms in total. The Kier molecular flexibility index (Phi) is 3.14. The van der Waals surface area contributed by atoms with E-state index in [-0.39, 0.29) is 6.04 Å². The Labute approximate surface area is 101 Å². The monoisotopic (exact) mass is 315 g/mol. The largest absolute Gasteiger partial charge is 0.347 e. The molecule has 0 amide bonds. The van der Waals surface area contributed by atoms with Crippen LogP contribution in [0.25, 0.3) is 0 Å². The van der Waals surface area contributed by atoms with Gasteiger partial charge in [-0.2, -0.15) is 0 Å². The SMILES string of the molecule is CC(Nc1ncc(I)cn1)c1ncc[nH]1. The molecule has 0 saturated carbocycles. The van der Waals surface area contributed by atoms with Gasteiger partial charge in [-0.25, -0.2) is 15.0 Å². The number of hydrogen-bond acceptors (Lipinski definition) is 4. The second-order valence-electron chi connectivity index (χ2n) is 3.07. The van der Waals surface area contributed by atoms with Crippen molar-refractivity contribution in [3.8, 4) is 0 Å². The van der Waals surface area contributed by atoms with Gasteiger partial charge in [0.05, 0.1) is 6.04 Å². The fourth-order valence-corrected chi connectivity index (χ4v) is 1.44. The van der Waals surface area contributed by atoms with E-state index in [9.17, 15) is 0 Å². The quantitative estimate of drug-likeness (QED) is 0.850. The average molecular weight is 315 g/mol. The second kappa shape index (κ2) is 4.56. The highest BCUT2D eigenvalue weighted by atomic mass is 127. The molecule has 0 spiro atoms. The highest BCUT2D eigenvalue weighted by molar-refractivity contribution is 14.1. The number of nitrogens with one attached hydrogen (secondary N) is 2. The van der Waals surface area contributed by atoms with Crippen LogP contribution < -0.4 is 5.32 Å². The van der Waals surface area contributed by atoms with Gasteiger partial charge in [-0.15, -0.1) is 0 Å². The first-order chi connectivity index (χ1) is 7.25. The third-order valence-corrected chi connectivity index (χ3v) is 2.45. The number of rotatable bonds is 3. The van der Waals surface area contributed by atoms with Crippen molar-refractivity contribution in [2.45, 2.75) is 13.0 Å². The molecule has 0 aliphatic rings. The van der Waals surface area contributed by atoms with Crippen LogP contribution in [0, 0.1) is 3.57 Å². The van der Waals surface area contributed by atoms with E-state index in [2.05, 4.69) is 47.8 Å². The van der Waals surface area contributed by atoms with Gasteiger partial charge in [-0.1, -0.05) is 0 Å². The van der Waals surface area contributed by atoms with Crippen molar-refractivity contribution >= 4 is 28.5 Å². The number of aromatic amines is 1. The number of aromatic nitrogens is 4. The molecule has 6 heteroatoms. The van der Waals surface area contributed by atoms with Crippen LogP contribution in [0.4, 0.5) is 5.95 Å². The lowest BCUT2D eigenvalue weighted by Crippen LogP contribution is -2.10. The molecule has 2 rings (SSSR count). The van der Waals surface area contributed by atoms with Crippen LogP contribution in [0.3, 0.4) is 0 Å². The summed E-state index contributed by atoms with van der Waals surface area (Å²) in [5, 5.41) is 3.15. The first-order valence-electron chi connectivity index (χ1n) is 4.49. The maximum atomic E-state index is 4.16. The molecule has 15 heavy (non-hydrogen) atoms. The van der Waals surface area contributed by atoms with Crippen LogP contribution in [0.1, 0.15) is 18.8 Å². The second-order valence-corrected chi connectivity index (χ2v) is 4.31. The van der Waals surface area contributed by atoms with Gasteiger partial charge >= 0.3 is 0 Å². The molecular formula is C9H10IN5. The molecule has 2 heterocycles. The van der Waals surface area contributed by atoms with Gasteiger partial charge in [-0.05, 0) is 29.5 Å². The van der Waals surface area contributed by atoms with Crippen molar-refractivity contribution in [2.24, 2.45) is 0 Å². The molecule has 1 unspecified atom stereocenters. The predicted octanol–water partition coefficient (Wildman–Crippen LogP) is 1.98. The summed E-state index contributed by atoms with van der Waals surface area (Å²) in [7, 11) is 0. The van der Waals surface area contributed by atoms with E-state index in [0.717, 1.165) is 9.39 Å². The maximum absolute atomic E-state index is 4.16. The molecule has 0 saturated heterocycles. The number of anilines is 1. The normalized spacial score (nSPS) is 12.4. The third kappa shape index (κ3) is 2.65. The summed E-state index contributed by atoms with van der Waals surface area (Å²) in [6.45, 7) is 2.00. The Hall–Kier alpha value is -1.18. The number of hydrogen-bond donors (Lipinski definition) is 2. The van der Waals surface area contributed by atoms with Crippen LogP contribution >= 0.6 is 22.6 Å². The molecule has 2 aromatic rings. The van der Waals surface area contributed by atoms with E-state index >= 15 is 0 Å². The minimum Gasteiger partial charge on any atom is -0.347 e. The van der Waals surface area contributed by atoms with E-state index in [1.54, 1.807) is 24.8 Å². The minimum absolute atomic E-state index is 0.0695. The average Bonchev–Trinajstić information content (AvgIpc) is 2.74. The zero-order valence-electron chi connectivity index (χ0n) is 8.11. The summed E-state index contributed by atoms with van der Waals surface area (Å²) in [5.41, 5.74) is 0. The lowest BCUT2D eigenvalue weighted by Gasteiger charge is -2.10. The lowest BCUT2D eigenvalue weighted by atomic mass is 10.3. The van der Waals surface area contributed by atoms with Gasteiger partial charge in [0.1, 0.15) is 5.82 Å². The number of imidazole rings is 1. The number of H-pyrrole nitrogens is 1. The Morgan fingerprint density at radius 1 is 1.33 bits per heavy atom. The van der Waals surface area contributed by atoms with Crippen molar-refractivity contribution in [3.05, 3.63) is 34.2 Å². The molecular weight excluding hydrogens is 305 g/mol. The van der Waals surface area contributed by atoms with E-state index < -0.39 is 0 Å². The van der Waals surface area contributed by atoms with Crippen molar-refractivity contribution in [1.29, 1.82) is 0 Å². The molecule has 0 fully saturated rings. The predicted molar refractivity (Wildman–Crippen MR) is 65.4 cm³/mol. The molecule has 0 aromatic carbocycles.